The second-order valence-electron chi connectivity index (χ2n) is 3.33. The van der Waals surface area contributed by atoms with Crippen LogP contribution in [0.2, 0.25) is 10.0 Å². The van der Waals surface area contributed by atoms with Gasteiger partial charge in [0.2, 0.25) is 5.88 Å². The Bertz CT molecular complexity index is 532. The topological polar surface area (TPSA) is 42.4 Å². The van der Waals surface area contributed by atoms with Crippen LogP contribution in [0.5, 0.6) is 11.6 Å². The highest BCUT2D eigenvalue weighted by Crippen LogP contribution is 2.25. The molecular weight excluding hydrogens is 261 g/mol. The monoisotopic (exact) mass is 269 g/mol. The summed E-state index contributed by atoms with van der Waals surface area (Å²) in [6, 6.07) is 8.56. The summed E-state index contributed by atoms with van der Waals surface area (Å²) in [5.74, 6) is 0.942. The van der Waals surface area contributed by atoms with Crippen LogP contribution in [0.4, 0.5) is 0 Å². The maximum atomic E-state index is 9.06. The molecule has 0 bridgehead atoms. The number of nitrogens with zero attached hydrogens (tertiary/aromatic N) is 1. The minimum atomic E-state index is -0.159. The van der Waals surface area contributed by atoms with Crippen molar-refractivity contribution in [2.75, 3.05) is 0 Å². The van der Waals surface area contributed by atoms with E-state index in [0.29, 0.717) is 27.2 Å². The van der Waals surface area contributed by atoms with Crippen molar-refractivity contribution in [1.82, 2.24) is 4.98 Å². The molecule has 0 saturated heterocycles. The lowest BCUT2D eigenvalue weighted by molar-refractivity contribution is 0.281. The molecule has 17 heavy (non-hydrogen) atoms. The SMILES string of the molecule is OCc1cc(Oc2cccc(Cl)c2)ncc1Cl. The van der Waals surface area contributed by atoms with Crippen LogP contribution in [0.1, 0.15) is 5.56 Å². The van der Waals surface area contributed by atoms with Crippen molar-refractivity contribution in [3.63, 3.8) is 0 Å². The third kappa shape index (κ3) is 3.09. The molecule has 1 N–H and O–H groups in total. The van der Waals surface area contributed by atoms with Crippen molar-refractivity contribution in [2.45, 2.75) is 6.61 Å². The molecule has 0 radical (unpaired) electrons. The number of pyridine rings is 1. The van der Waals surface area contributed by atoms with Gasteiger partial charge in [-0.25, -0.2) is 4.98 Å². The van der Waals surface area contributed by atoms with Gasteiger partial charge in [-0.05, 0) is 18.2 Å². The van der Waals surface area contributed by atoms with Gasteiger partial charge in [-0.2, -0.15) is 0 Å². The summed E-state index contributed by atoms with van der Waals surface area (Å²) >= 11 is 11.7. The number of rotatable bonds is 3. The first kappa shape index (κ1) is 12.2. The van der Waals surface area contributed by atoms with Crippen molar-refractivity contribution in [2.24, 2.45) is 0 Å². The molecule has 0 amide bonds. The number of aromatic nitrogens is 1. The van der Waals surface area contributed by atoms with Crippen LogP contribution in [0.25, 0.3) is 0 Å². The highest BCUT2D eigenvalue weighted by molar-refractivity contribution is 6.31. The van der Waals surface area contributed by atoms with E-state index >= 15 is 0 Å². The molecule has 0 saturated carbocycles. The largest absolute Gasteiger partial charge is 0.439 e. The fourth-order valence-electron chi connectivity index (χ4n) is 1.29. The van der Waals surface area contributed by atoms with Crippen molar-refractivity contribution in [3.8, 4) is 11.6 Å². The Morgan fingerprint density at radius 3 is 2.76 bits per heavy atom. The van der Waals surface area contributed by atoms with E-state index in [-0.39, 0.29) is 6.61 Å². The number of hydrogen-bond donors (Lipinski definition) is 1. The van der Waals surface area contributed by atoms with E-state index in [4.69, 9.17) is 33.0 Å². The minimum Gasteiger partial charge on any atom is -0.439 e. The summed E-state index contributed by atoms with van der Waals surface area (Å²) in [4.78, 5) is 4.00. The van der Waals surface area contributed by atoms with Crippen molar-refractivity contribution < 1.29 is 9.84 Å². The van der Waals surface area contributed by atoms with E-state index < -0.39 is 0 Å². The Balaban J connectivity index is 2.24. The molecule has 0 unspecified atom stereocenters. The third-order valence-electron chi connectivity index (χ3n) is 2.10. The van der Waals surface area contributed by atoms with Gasteiger partial charge in [0.1, 0.15) is 5.75 Å². The second-order valence-corrected chi connectivity index (χ2v) is 4.18. The van der Waals surface area contributed by atoms with E-state index in [2.05, 4.69) is 4.98 Å². The van der Waals surface area contributed by atoms with Crippen molar-refractivity contribution >= 4 is 23.2 Å². The normalized spacial score (nSPS) is 10.3. The molecule has 0 aliphatic carbocycles. The molecule has 0 atom stereocenters. The predicted octanol–water partition coefficient (Wildman–Crippen LogP) is 3.67. The van der Waals surface area contributed by atoms with Crippen LogP contribution in [0.15, 0.2) is 36.5 Å². The minimum absolute atomic E-state index is 0.159. The van der Waals surface area contributed by atoms with Crippen molar-refractivity contribution in [1.29, 1.82) is 0 Å². The van der Waals surface area contributed by atoms with Crippen LogP contribution in [-0.2, 0) is 6.61 Å². The maximum Gasteiger partial charge on any atom is 0.219 e. The summed E-state index contributed by atoms with van der Waals surface area (Å²) in [5.41, 5.74) is 0.568. The zero-order valence-electron chi connectivity index (χ0n) is 8.73. The predicted molar refractivity (Wildman–Crippen MR) is 66.7 cm³/mol. The van der Waals surface area contributed by atoms with Gasteiger partial charge in [0.05, 0.1) is 11.6 Å². The quantitative estimate of drug-likeness (QED) is 0.925. The number of ether oxygens (including phenoxy) is 1. The van der Waals surface area contributed by atoms with Gasteiger partial charge >= 0.3 is 0 Å². The molecule has 0 aliphatic rings. The maximum absolute atomic E-state index is 9.06. The van der Waals surface area contributed by atoms with Crippen LogP contribution < -0.4 is 4.74 Å². The second kappa shape index (κ2) is 5.36. The summed E-state index contributed by atoms with van der Waals surface area (Å²) in [6.07, 6.45) is 1.44. The molecule has 2 rings (SSSR count). The first-order valence-electron chi connectivity index (χ1n) is 4.88. The summed E-state index contributed by atoms with van der Waals surface area (Å²) < 4.78 is 5.49. The lowest BCUT2D eigenvalue weighted by Gasteiger charge is -2.07. The number of benzene rings is 1. The molecule has 0 spiro atoms. The first-order chi connectivity index (χ1) is 8.19. The standard InChI is InChI=1S/C12H9Cl2NO2/c13-9-2-1-3-10(5-9)17-12-4-8(7-16)11(14)6-15-12/h1-6,16H,7H2. The molecule has 2 aromatic rings. The van der Waals surface area contributed by atoms with Gasteiger partial charge in [-0.1, -0.05) is 29.3 Å². The van der Waals surface area contributed by atoms with E-state index in [1.807, 2.05) is 0 Å². The highest BCUT2D eigenvalue weighted by Gasteiger charge is 2.04. The third-order valence-corrected chi connectivity index (χ3v) is 2.67. The van der Waals surface area contributed by atoms with Gasteiger partial charge < -0.3 is 9.84 Å². The molecular formula is C12H9Cl2NO2. The van der Waals surface area contributed by atoms with Gasteiger partial charge in [0.25, 0.3) is 0 Å². The summed E-state index contributed by atoms with van der Waals surface area (Å²) in [5, 5.41) is 10.1. The molecule has 88 valence electrons. The van der Waals surface area contributed by atoms with Gasteiger partial charge in [-0.3, -0.25) is 0 Å². The van der Waals surface area contributed by atoms with E-state index in [9.17, 15) is 0 Å². The Labute approximate surface area is 109 Å². The molecule has 1 aromatic heterocycles. The Kier molecular flexibility index (Phi) is 3.84. The fraction of sp³-hybridized carbons (Fsp3) is 0.0833. The van der Waals surface area contributed by atoms with Crippen LogP contribution in [-0.4, -0.2) is 10.1 Å². The van der Waals surface area contributed by atoms with Crippen LogP contribution in [0.3, 0.4) is 0 Å². The van der Waals surface area contributed by atoms with Crippen LogP contribution >= 0.6 is 23.2 Å². The molecule has 0 aliphatic heterocycles. The van der Waals surface area contributed by atoms with E-state index in [1.165, 1.54) is 6.20 Å². The molecule has 1 aromatic carbocycles. The van der Waals surface area contributed by atoms with E-state index in [0.717, 1.165) is 0 Å². The first-order valence-corrected chi connectivity index (χ1v) is 5.63. The average molecular weight is 270 g/mol. The number of aliphatic hydroxyl groups excluding tert-OH is 1. The zero-order valence-corrected chi connectivity index (χ0v) is 10.2. The van der Waals surface area contributed by atoms with Gasteiger partial charge in [0.15, 0.2) is 0 Å². The number of aliphatic hydroxyl groups is 1. The summed E-state index contributed by atoms with van der Waals surface area (Å²) in [6.45, 7) is -0.159. The van der Waals surface area contributed by atoms with Gasteiger partial charge in [-0.15, -0.1) is 0 Å². The lowest BCUT2D eigenvalue weighted by atomic mass is 10.3. The summed E-state index contributed by atoms with van der Waals surface area (Å²) in [7, 11) is 0. The fourth-order valence-corrected chi connectivity index (χ4v) is 1.63. The highest BCUT2D eigenvalue weighted by atomic mass is 35.5. The Hall–Kier alpha value is -1.29. The zero-order chi connectivity index (χ0) is 12.3. The van der Waals surface area contributed by atoms with E-state index in [1.54, 1.807) is 30.3 Å². The van der Waals surface area contributed by atoms with Crippen LogP contribution in [0, 0.1) is 0 Å². The Morgan fingerprint density at radius 2 is 2.06 bits per heavy atom. The number of halogens is 2. The lowest BCUT2D eigenvalue weighted by Crippen LogP contribution is -1.92. The average Bonchev–Trinajstić information content (AvgIpc) is 2.32. The molecule has 0 fully saturated rings. The molecule has 5 heteroatoms. The van der Waals surface area contributed by atoms with Gasteiger partial charge in [0, 0.05) is 22.8 Å². The molecule has 3 nitrogen and oxygen atoms in total. The Morgan fingerprint density at radius 1 is 1.24 bits per heavy atom. The van der Waals surface area contributed by atoms with Crippen molar-refractivity contribution in [3.05, 3.63) is 52.1 Å². The number of hydrogen-bond acceptors (Lipinski definition) is 3. The molecule has 1 heterocycles. The smallest absolute Gasteiger partial charge is 0.219 e.